The van der Waals surface area contributed by atoms with Crippen molar-refractivity contribution in [2.24, 2.45) is 0 Å². The van der Waals surface area contributed by atoms with Gasteiger partial charge in [-0.3, -0.25) is 4.79 Å². The number of hydrogen-bond acceptors (Lipinski definition) is 6. The molecule has 2 rings (SSSR count). The van der Waals surface area contributed by atoms with Gasteiger partial charge in [0.2, 0.25) is 5.91 Å². The predicted octanol–water partition coefficient (Wildman–Crippen LogP) is -0.0600. The number of carboxylic acid groups (broad SMARTS) is 1. The van der Waals surface area contributed by atoms with Crippen LogP contribution in [0.25, 0.3) is 0 Å². The zero-order chi connectivity index (χ0) is 15.4. The first kappa shape index (κ1) is 14.7. The zero-order valence-corrected chi connectivity index (χ0v) is 11.7. The van der Waals surface area contributed by atoms with Gasteiger partial charge in [0.1, 0.15) is 5.76 Å². The molecule has 0 bridgehead atoms. The third kappa shape index (κ3) is 3.65. The normalized spacial score (nSPS) is 10.6. The smallest absolute Gasteiger partial charge is 0.358 e. The number of nitrogens with zero attached hydrogens (tertiary/aromatic N) is 4. The van der Waals surface area contributed by atoms with Crippen LogP contribution in [0.3, 0.4) is 0 Å². The highest BCUT2D eigenvalue weighted by Crippen LogP contribution is 2.12. The third-order valence-corrected chi connectivity index (χ3v) is 2.94. The van der Waals surface area contributed by atoms with Gasteiger partial charge in [0.05, 0.1) is 24.9 Å². The standard InChI is InChI=1S/C12H15N5O4/c1-7-9(8(2)21-15-7)5-11(18)13-3-4-17-6-10(12(19)20)14-16-17/h6H,3-5H2,1-2H3,(H,13,18)(H,19,20). The molecule has 2 aromatic rings. The molecule has 21 heavy (non-hydrogen) atoms. The van der Waals surface area contributed by atoms with Crippen molar-refractivity contribution in [1.82, 2.24) is 25.5 Å². The van der Waals surface area contributed by atoms with Crippen molar-refractivity contribution in [1.29, 1.82) is 0 Å². The molecule has 0 fully saturated rings. The van der Waals surface area contributed by atoms with Crippen molar-refractivity contribution in [3.05, 3.63) is 28.9 Å². The summed E-state index contributed by atoms with van der Waals surface area (Å²) in [6.45, 7) is 4.20. The van der Waals surface area contributed by atoms with E-state index in [9.17, 15) is 9.59 Å². The Morgan fingerprint density at radius 2 is 2.19 bits per heavy atom. The van der Waals surface area contributed by atoms with Crippen LogP contribution in [0.1, 0.15) is 27.5 Å². The molecular weight excluding hydrogens is 278 g/mol. The van der Waals surface area contributed by atoms with Crippen LogP contribution in [0.5, 0.6) is 0 Å². The molecule has 2 heterocycles. The van der Waals surface area contributed by atoms with E-state index >= 15 is 0 Å². The highest BCUT2D eigenvalue weighted by Gasteiger charge is 2.13. The van der Waals surface area contributed by atoms with Crippen LogP contribution in [-0.2, 0) is 17.8 Å². The monoisotopic (exact) mass is 293 g/mol. The molecular formula is C12H15N5O4. The summed E-state index contributed by atoms with van der Waals surface area (Å²) in [4.78, 5) is 22.4. The molecule has 0 aromatic carbocycles. The van der Waals surface area contributed by atoms with Gasteiger partial charge in [0.15, 0.2) is 5.69 Å². The van der Waals surface area contributed by atoms with E-state index in [0.717, 1.165) is 5.56 Å². The lowest BCUT2D eigenvalue weighted by atomic mass is 10.1. The minimum atomic E-state index is -1.14. The number of amides is 1. The minimum Gasteiger partial charge on any atom is -0.476 e. The number of carboxylic acids is 1. The fraction of sp³-hybridized carbons (Fsp3) is 0.417. The molecule has 0 unspecified atom stereocenters. The van der Waals surface area contributed by atoms with E-state index < -0.39 is 5.97 Å². The summed E-state index contributed by atoms with van der Waals surface area (Å²) < 4.78 is 6.35. The third-order valence-electron chi connectivity index (χ3n) is 2.94. The summed E-state index contributed by atoms with van der Waals surface area (Å²) >= 11 is 0. The Morgan fingerprint density at radius 1 is 1.43 bits per heavy atom. The summed E-state index contributed by atoms with van der Waals surface area (Å²) in [6.07, 6.45) is 1.50. The van der Waals surface area contributed by atoms with Crippen LogP contribution in [0.2, 0.25) is 0 Å². The minimum absolute atomic E-state index is 0.128. The van der Waals surface area contributed by atoms with Gasteiger partial charge in [-0.1, -0.05) is 10.4 Å². The first-order chi connectivity index (χ1) is 9.97. The van der Waals surface area contributed by atoms with E-state index in [1.807, 2.05) is 0 Å². The topological polar surface area (TPSA) is 123 Å². The second-order valence-corrected chi connectivity index (χ2v) is 4.50. The first-order valence-corrected chi connectivity index (χ1v) is 6.29. The number of hydrogen-bond donors (Lipinski definition) is 2. The van der Waals surface area contributed by atoms with Crippen LogP contribution < -0.4 is 5.32 Å². The number of aromatic carboxylic acids is 1. The molecule has 0 aliphatic carbocycles. The molecule has 1 amide bonds. The second kappa shape index (κ2) is 6.16. The van der Waals surface area contributed by atoms with Crippen molar-refractivity contribution in [2.75, 3.05) is 6.54 Å². The lowest BCUT2D eigenvalue weighted by molar-refractivity contribution is -0.120. The molecule has 9 heteroatoms. The summed E-state index contributed by atoms with van der Waals surface area (Å²) in [5.74, 6) is -0.670. The van der Waals surface area contributed by atoms with Crippen LogP contribution >= 0.6 is 0 Å². The van der Waals surface area contributed by atoms with Gasteiger partial charge >= 0.3 is 5.97 Å². The highest BCUT2D eigenvalue weighted by atomic mass is 16.5. The van der Waals surface area contributed by atoms with Gasteiger partial charge < -0.3 is 14.9 Å². The number of carbonyl (C=O) groups excluding carboxylic acids is 1. The number of aromatic nitrogens is 4. The molecule has 0 radical (unpaired) electrons. The van der Waals surface area contributed by atoms with Gasteiger partial charge in [0.25, 0.3) is 0 Å². The highest BCUT2D eigenvalue weighted by molar-refractivity contribution is 5.84. The summed E-state index contributed by atoms with van der Waals surface area (Å²) in [7, 11) is 0. The van der Waals surface area contributed by atoms with Gasteiger partial charge in [-0.2, -0.15) is 0 Å². The fourth-order valence-corrected chi connectivity index (χ4v) is 1.79. The Labute approximate surface area is 119 Å². The molecule has 0 saturated heterocycles. The predicted molar refractivity (Wildman–Crippen MR) is 69.7 cm³/mol. The number of rotatable bonds is 6. The molecule has 0 spiro atoms. The lowest BCUT2D eigenvalue weighted by Crippen LogP contribution is -2.29. The van der Waals surface area contributed by atoms with Crippen LogP contribution in [0.15, 0.2) is 10.7 Å². The molecule has 2 aromatic heterocycles. The number of nitrogens with one attached hydrogen (secondary N) is 1. The van der Waals surface area contributed by atoms with E-state index in [2.05, 4.69) is 20.8 Å². The summed E-state index contributed by atoms with van der Waals surface area (Å²) in [5.41, 5.74) is 1.35. The maximum atomic E-state index is 11.8. The van der Waals surface area contributed by atoms with Crippen molar-refractivity contribution < 1.29 is 19.2 Å². The Hall–Kier alpha value is -2.71. The SMILES string of the molecule is Cc1noc(C)c1CC(=O)NCCn1cc(C(=O)O)nn1. The Kier molecular flexibility index (Phi) is 4.31. The van der Waals surface area contributed by atoms with E-state index in [0.29, 0.717) is 24.5 Å². The van der Waals surface area contributed by atoms with Gasteiger partial charge in [-0.05, 0) is 13.8 Å². The second-order valence-electron chi connectivity index (χ2n) is 4.50. The Balaban J connectivity index is 1.80. The molecule has 0 aliphatic rings. The molecule has 0 atom stereocenters. The molecule has 0 saturated carbocycles. The van der Waals surface area contributed by atoms with E-state index in [1.165, 1.54) is 10.9 Å². The Bertz CT molecular complexity index is 641. The van der Waals surface area contributed by atoms with Gasteiger partial charge in [0, 0.05) is 12.1 Å². The van der Waals surface area contributed by atoms with Crippen LogP contribution in [0.4, 0.5) is 0 Å². The molecule has 9 nitrogen and oxygen atoms in total. The van der Waals surface area contributed by atoms with E-state index in [4.69, 9.17) is 9.63 Å². The maximum Gasteiger partial charge on any atom is 0.358 e. The Morgan fingerprint density at radius 3 is 2.76 bits per heavy atom. The molecule has 0 aliphatic heterocycles. The maximum absolute atomic E-state index is 11.8. The average Bonchev–Trinajstić information content (AvgIpc) is 3.01. The largest absolute Gasteiger partial charge is 0.476 e. The average molecular weight is 293 g/mol. The van der Waals surface area contributed by atoms with Crippen molar-refractivity contribution in [3.8, 4) is 0 Å². The quantitative estimate of drug-likeness (QED) is 0.764. The fourth-order valence-electron chi connectivity index (χ4n) is 1.79. The van der Waals surface area contributed by atoms with Gasteiger partial charge in [-0.25, -0.2) is 9.48 Å². The van der Waals surface area contributed by atoms with Crippen LogP contribution in [-0.4, -0.2) is 43.7 Å². The van der Waals surface area contributed by atoms with Crippen molar-refractivity contribution >= 4 is 11.9 Å². The van der Waals surface area contributed by atoms with Gasteiger partial charge in [-0.15, -0.1) is 5.10 Å². The molecule has 2 N–H and O–H groups in total. The number of carbonyl (C=O) groups is 2. The summed E-state index contributed by atoms with van der Waals surface area (Å²) in [6, 6.07) is 0. The molecule has 112 valence electrons. The van der Waals surface area contributed by atoms with Crippen LogP contribution in [0, 0.1) is 13.8 Å². The lowest BCUT2D eigenvalue weighted by Gasteiger charge is -2.04. The van der Waals surface area contributed by atoms with E-state index in [1.54, 1.807) is 13.8 Å². The first-order valence-electron chi connectivity index (χ1n) is 6.29. The summed E-state index contributed by atoms with van der Waals surface area (Å²) in [5, 5.41) is 22.3. The van der Waals surface area contributed by atoms with E-state index in [-0.39, 0.29) is 18.0 Å². The zero-order valence-electron chi connectivity index (χ0n) is 11.7. The van der Waals surface area contributed by atoms with Crippen molar-refractivity contribution in [3.63, 3.8) is 0 Å². The van der Waals surface area contributed by atoms with Crippen molar-refractivity contribution in [2.45, 2.75) is 26.8 Å². The number of aryl methyl sites for hydroxylation is 2.